The van der Waals surface area contributed by atoms with Crippen LogP contribution in [0.3, 0.4) is 0 Å². The molecule has 2 rings (SSSR count). The van der Waals surface area contributed by atoms with E-state index in [1.165, 1.54) is 0 Å². The van der Waals surface area contributed by atoms with Gasteiger partial charge < -0.3 is 5.32 Å². The maximum Gasteiger partial charge on any atom is 0.170 e. The van der Waals surface area contributed by atoms with Crippen molar-refractivity contribution in [2.75, 3.05) is 0 Å². The van der Waals surface area contributed by atoms with Crippen LogP contribution >= 0.6 is 11.3 Å². The van der Waals surface area contributed by atoms with Gasteiger partial charge in [-0.15, -0.1) is 5.10 Å². The normalized spacial score (nSPS) is 11.1. The maximum atomic E-state index is 3.99. The van der Waals surface area contributed by atoms with Crippen molar-refractivity contribution < 1.29 is 0 Å². The Balaban J connectivity index is 2.16. The Morgan fingerprint density at radius 2 is 2.40 bits per heavy atom. The summed E-state index contributed by atoms with van der Waals surface area (Å²) in [6.45, 7) is 4.87. The van der Waals surface area contributed by atoms with E-state index in [0.717, 1.165) is 11.5 Å². The number of aromatic nitrogens is 4. The molecule has 0 aliphatic carbocycles. The van der Waals surface area contributed by atoms with Gasteiger partial charge in [-0.25, -0.2) is 0 Å². The Morgan fingerprint density at radius 3 is 3.07 bits per heavy atom. The fourth-order valence-electron chi connectivity index (χ4n) is 1.19. The summed E-state index contributed by atoms with van der Waals surface area (Å²) < 4.78 is 1.76. The molecule has 0 radical (unpaired) electrons. The fraction of sp³-hybridized carbons (Fsp3) is 0.444. The monoisotopic (exact) mass is 223 g/mol. The number of nitrogens with one attached hydrogen (secondary N) is 1. The average Bonchev–Trinajstić information content (AvgIpc) is 2.85. The maximum absolute atomic E-state index is 3.99. The molecule has 5 nitrogen and oxygen atoms in total. The van der Waals surface area contributed by atoms with Gasteiger partial charge in [0.2, 0.25) is 0 Å². The minimum atomic E-state index is 0.428. The van der Waals surface area contributed by atoms with E-state index in [9.17, 15) is 0 Å². The number of tetrazole rings is 1. The van der Waals surface area contributed by atoms with Gasteiger partial charge in [0.15, 0.2) is 5.82 Å². The summed E-state index contributed by atoms with van der Waals surface area (Å²) >= 11 is 1.63. The second kappa shape index (κ2) is 4.50. The third-order valence-corrected chi connectivity index (χ3v) is 2.62. The Hall–Kier alpha value is -1.27. The van der Waals surface area contributed by atoms with Crippen molar-refractivity contribution in [3.05, 3.63) is 22.7 Å². The van der Waals surface area contributed by atoms with Crippen LogP contribution in [-0.4, -0.2) is 26.2 Å². The molecule has 0 spiro atoms. The van der Waals surface area contributed by atoms with E-state index in [0.29, 0.717) is 12.6 Å². The van der Waals surface area contributed by atoms with Gasteiger partial charge >= 0.3 is 0 Å². The first-order valence-corrected chi connectivity index (χ1v) is 5.75. The highest BCUT2D eigenvalue weighted by atomic mass is 32.1. The average molecular weight is 223 g/mol. The molecule has 0 fully saturated rings. The molecule has 0 bridgehead atoms. The van der Waals surface area contributed by atoms with Gasteiger partial charge in [0.1, 0.15) is 0 Å². The molecule has 0 atom stereocenters. The highest BCUT2D eigenvalue weighted by molar-refractivity contribution is 7.08. The summed E-state index contributed by atoms with van der Waals surface area (Å²) in [4.78, 5) is 0. The number of thiophene rings is 1. The molecule has 0 unspecified atom stereocenters. The molecule has 0 aromatic carbocycles. The molecule has 0 amide bonds. The van der Waals surface area contributed by atoms with E-state index in [1.54, 1.807) is 16.0 Å². The lowest BCUT2D eigenvalue weighted by atomic mass is 10.4. The third-order valence-electron chi connectivity index (χ3n) is 1.95. The number of hydrogen-bond donors (Lipinski definition) is 1. The highest BCUT2D eigenvalue weighted by Gasteiger charge is 2.08. The smallest absolute Gasteiger partial charge is 0.170 e. The van der Waals surface area contributed by atoms with Crippen LogP contribution in [0.1, 0.15) is 19.7 Å². The van der Waals surface area contributed by atoms with Gasteiger partial charge in [0, 0.05) is 11.4 Å². The predicted octanol–water partition coefficient (Wildman–Crippen LogP) is 1.22. The first-order valence-electron chi connectivity index (χ1n) is 4.80. The standard InChI is InChI=1S/C9H13N5S/c1-7(2)10-5-9-11-12-13-14(9)8-3-4-15-6-8/h3-4,6-7,10H,5H2,1-2H3. The van der Waals surface area contributed by atoms with Crippen LogP contribution in [0.2, 0.25) is 0 Å². The van der Waals surface area contributed by atoms with Crippen LogP contribution < -0.4 is 5.32 Å². The molecule has 2 heterocycles. The zero-order valence-electron chi connectivity index (χ0n) is 8.71. The molecule has 0 aliphatic heterocycles. The molecule has 0 saturated heterocycles. The number of rotatable bonds is 4. The van der Waals surface area contributed by atoms with E-state index < -0.39 is 0 Å². The lowest BCUT2D eigenvalue weighted by molar-refractivity contribution is 0.563. The predicted molar refractivity (Wildman–Crippen MR) is 59.0 cm³/mol. The summed E-state index contributed by atoms with van der Waals surface area (Å²) in [6, 6.07) is 2.43. The van der Waals surface area contributed by atoms with Crippen molar-refractivity contribution in [1.82, 2.24) is 25.5 Å². The number of hydrogen-bond acceptors (Lipinski definition) is 5. The summed E-state index contributed by atoms with van der Waals surface area (Å²) in [5.74, 6) is 0.835. The number of nitrogens with zero attached hydrogens (tertiary/aromatic N) is 4. The molecular formula is C9H13N5S. The van der Waals surface area contributed by atoms with Crippen molar-refractivity contribution in [1.29, 1.82) is 0 Å². The van der Waals surface area contributed by atoms with Gasteiger partial charge in [0.05, 0.1) is 12.2 Å². The first kappa shape index (κ1) is 10.3. The van der Waals surface area contributed by atoms with Gasteiger partial charge in [-0.2, -0.15) is 16.0 Å². The van der Waals surface area contributed by atoms with Crippen LogP contribution in [0.15, 0.2) is 16.8 Å². The lowest BCUT2D eigenvalue weighted by Crippen LogP contribution is -2.23. The van der Waals surface area contributed by atoms with E-state index >= 15 is 0 Å². The van der Waals surface area contributed by atoms with Crippen LogP contribution in [0.5, 0.6) is 0 Å². The molecule has 0 saturated carbocycles. The Morgan fingerprint density at radius 1 is 1.53 bits per heavy atom. The third kappa shape index (κ3) is 2.40. The van der Waals surface area contributed by atoms with Crippen molar-refractivity contribution >= 4 is 11.3 Å². The van der Waals surface area contributed by atoms with Crippen LogP contribution in [0.25, 0.3) is 5.69 Å². The van der Waals surface area contributed by atoms with E-state index in [4.69, 9.17) is 0 Å². The molecule has 2 aromatic rings. The minimum absolute atomic E-state index is 0.428. The second-order valence-electron chi connectivity index (χ2n) is 3.52. The van der Waals surface area contributed by atoms with Crippen molar-refractivity contribution in [3.63, 3.8) is 0 Å². The van der Waals surface area contributed by atoms with Gasteiger partial charge in [-0.05, 0) is 21.9 Å². The summed E-state index contributed by atoms with van der Waals surface area (Å²) in [5.41, 5.74) is 1.02. The van der Waals surface area contributed by atoms with Crippen LogP contribution in [0.4, 0.5) is 0 Å². The zero-order valence-corrected chi connectivity index (χ0v) is 9.53. The molecule has 80 valence electrons. The Kier molecular flexibility index (Phi) is 3.08. The summed E-state index contributed by atoms with van der Waals surface area (Å²) in [6.07, 6.45) is 0. The molecule has 2 aromatic heterocycles. The van der Waals surface area contributed by atoms with Crippen LogP contribution in [0, 0.1) is 0 Å². The fourth-order valence-corrected chi connectivity index (χ4v) is 1.80. The van der Waals surface area contributed by atoms with E-state index in [-0.39, 0.29) is 0 Å². The molecular weight excluding hydrogens is 210 g/mol. The molecule has 15 heavy (non-hydrogen) atoms. The van der Waals surface area contributed by atoms with Crippen molar-refractivity contribution in [2.45, 2.75) is 26.4 Å². The molecule has 1 N–H and O–H groups in total. The van der Waals surface area contributed by atoms with Gasteiger partial charge in [0.25, 0.3) is 0 Å². The van der Waals surface area contributed by atoms with E-state index in [2.05, 4.69) is 34.7 Å². The van der Waals surface area contributed by atoms with Crippen molar-refractivity contribution in [2.24, 2.45) is 0 Å². The largest absolute Gasteiger partial charge is 0.308 e. The Bertz CT molecular complexity index is 406. The summed E-state index contributed by atoms with van der Waals surface area (Å²) in [5, 5.41) is 19.0. The quantitative estimate of drug-likeness (QED) is 0.846. The molecule has 0 aliphatic rings. The minimum Gasteiger partial charge on any atom is -0.308 e. The molecule has 6 heteroatoms. The Labute approximate surface area is 92.1 Å². The van der Waals surface area contributed by atoms with Gasteiger partial charge in [-0.1, -0.05) is 13.8 Å². The van der Waals surface area contributed by atoms with Crippen molar-refractivity contribution in [3.8, 4) is 5.69 Å². The SMILES string of the molecule is CC(C)NCc1nnnn1-c1ccsc1. The van der Waals surface area contributed by atoms with E-state index in [1.807, 2.05) is 16.8 Å². The highest BCUT2D eigenvalue weighted by Crippen LogP contribution is 2.11. The zero-order chi connectivity index (χ0) is 10.7. The summed E-state index contributed by atoms with van der Waals surface area (Å²) in [7, 11) is 0. The second-order valence-corrected chi connectivity index (χ2v) is 4.30. The van der Waals surface area contributed by atoms with Gasteiger partial charge in [-0.3, -0.25) is 0 Å². The first-order chi connectivity index (χ1) is 7.27. The topological polar surface area (TPSA) is 55.6 Å². The lowest BCUT2D eigenvalue weighted by Gasteiger charge is -2.06. The van der Waals surface area contributed by atoms with Crippen LogP contribution in [-0.2, 0) is 6.54 Å².